The molecule has 4 atom stereocenters. The SMILES string of the molecule is CC(C)[C@@]12C[C@@H]1C(C)(C)[C@]1(O[Si](C)(C)C)C[C@H]21. The average Bonchev–Trinajstić information content (AvgIpc) is 2.88. The summed E-state index contributed by atoms with van der Waals surface area (Å²) in [5.74, 6) is 2.65. The van der Waals surface area contributed by atoms with Crippen LogP contribution in [0.15, 0.2) is 0 Å². The standard InChI is InChI=1S/C15H28OSi/c1-10(2)14-8-11(14)13(3,4)15(9-12(14)15)16-17(5,6)7/h10-12H,8-9H2,1-7H3/t11-,12-,14+,15+/m1/s1. The maximum absolute atomic E-state index is 6.69. The lowest BCUT2D eigenvalue weighted by atomic mass is 9.80. The molecule has 3 fully saturated rings. The van der Waals surface area contributed by atoms with Crippen molar-refractivity contribution in [3.05, 3.63) is 0 Å². The first-order valence-corrected chi connectivity index (χ1v) is 10.7. The third kappa shape index (κ3) is 1.24. The van der Waals surface area contributed by atoms with Crippen LogP contribution in [0.2, 0.25) is 19.6 Å². The van der Waals surface area contributed by atoms with Gasteiger partial charge in [-0.25, -0.2) is 0 Å². The van der Waals surface area contributed by atoms with E-state index in [1.54, 1.807) is 0 Å². The van der Waals surface area contributed by atoms with Crippen LogP contribution in [-0.4, -0.2) is 13.9 Å². The molecule has 3 saturated carbocycles. The first-order chi connectivity index (χ1) is 7.58. The summed E-state index contributed by atoms with van der Waals surface area (Å²) < 4.78 is 6.69. The van der Waals surface area contributed by atoms with Gasteiger partial charge in [-0.2, -0.15) is 0 Å². The molecule has 0 aromatic heterocycles. The second-order valence-electron chi connectivity index (χ2n) is 8.61. The average molecular weight is 252 g/mol. The number of hydrogen-bond donors (Lipinski definition) is 0. The molecule has 17 heavy (non-hydrogen) atoms. The largest absolute Gasteiger partial charge is 0.411 e. The molecule has 0 unspecified atom stereocenters. The van der Waals surface area contributed by atoms with E-state index in [1.165, 1.54) is 12.8 Å². The molecule has 0 saturated heterocycles. The van der Waals surface area contributed by atoms with E-state index in [0.29, 0.717) is 10.8 Å². The Kier molecular flexibility index (Phi) is 2.05. The van der Waals surface area contributed by atoms with E-state index < -0.39 is 8.32 Å². The second kappa shape index (κ2) is 2.85. The van der Waals surface area contributed by atoms with Crippen LogP contribution in [0, 0.1) is 28.6 Å². The normalized spacial score (nSPS) is 50.1. The molecule has 0 heterocycles. The highest BCUT2D eigenvalue weighted by molar-refractivity contribution is 6.69. The fraction of sp³-hybridized carbons (Fsp3) is 1.00. The summed E-state index contributed by atoms with van der Waals surface area (Å²) in [4.78, 5) is 0. The maximum atomic E-state index is 6.69. The third-order valence-electron chi connectivity index (χ3n) is 6.13. The molecule has 0 spiro atoms. The van der Waals surface area contributed by atoms with Gasteiger partial charge in [0.15, 0.2) is 8.32 Å². The Morgan fingerprint density at radius 2 is 1.65 bits per heavy atom. The lowest BCUT2D eigenvalue weighted by molar-refractivity contribution is 0.0336. The van der Waals surface area contributed by atoms with E-state index in [-0.39, 0.29) is 5.60 Å². The quantitative estimate of drug-likeness (QED) is 0.681. The first-order valence-electron chi connectivity index (χ1n) is 7.28. The molecule has 3 aliphatic rings. The Bertz CT molecular complexity index is 368. The van der Waals surface area contributed by atoms with E-state index in [1.807, 2.05) is 0 Å². The van der Waals surface area contributed by atoms with E-state index in [4.69, 9.17) is 4.43 Å². The fourth-order valence-electron chi connectivity index (χ4n) is 5.31. The van der Waals surface area contributed by atoms with Crippen LogP contribution in [0.5, 0.6) is 0 Å². The molecule has 3 aliphatic carbocycles. The van der Waals surface area contributed by atoms with Gasteiger partial charge >= 0.3 is 0 Å². The van der Waals surface area contributed by atoms with Gasteiger partial charge in [0, 0.05) is 0 Å². The smallest absolute Gasteiger partial charge is 0.184 e. The molecule has 0 aromatic carbocycles. The van der Waals surface area contributed by atoms with Gasteiger partial charge in [0.2, 0.25) is 0 Å². The number of fused-ring (bicyclic) bond motifs is 3. The zero-order chi connectivity index (χ0) is 12.9. The molecule has 2 heteroatoms. The molecule has 3 rings (SSSR count). The van der Waals surface area contributed by atoms with E-state index in [2.05, 4.69) is 47.3 Å². The monoisotopic (exact) mass is 252 g/mol. The highest BCUT2D eigenvalue weighted by atomic mass is 28.4. The van der Waals surface area contributed by atoms with E-state index >= 15 is 0 Å². The van der Waals surface area contributed by atoms with Crippen LogP contribution in [0.25, 0.3) is 0 Å². The molecule has 1 nitrogen and oxygen atoms in total. The molecular weight excluding hydrogens is 224 g/mol. The van der Waals surface area contributed by atoms with Crippen molar-refractivity contribution in [3.63, 3.8) is 0 Å². The topological polar surface area (TPSA) is 9.23 Å². The molecule has 98 valence electrons. The Balaban J connectivity index is 1.93. The molecule has 0 amide bonds. The Hall–Kier alpha value is 0.177. The molecule has 0 aliphatic heterocycles. The number of hydrogen-bond acceptors (Lipinski definition) is 1. The maximum Gasteiger partial charge on any atom is 0.184 e. The summed E-state index contributed by atoms with van der Waals surface area (Å²) in [6.45, 7) is 16.9. The van der Waals surface area contributed by atoms with Crippen LogP contribution in [-0.2, 0) is 4.43 Å². The fourth-order valence-corrected chi connectivity index (χ4v) is 6.89. The molecular formula is C15H28OSi. The molecule has 0 radical (unpaired) electrons. The Morgan fingerprint density at radius 3 is 2.06 bits per heavy atom. The van der Waals surface area contributed by atoms with Crippen molar-refractivity contribution in [1.29, 1.82) is 0 Å². The summed E-state index contributed by atoms with van der Waals surface area (Å²) in [6.07, 6.45) is 2.82. The van der Waals surface area contributed by atoms with Crippen molar-refractivity contribution >= 4 is 8.32 Å². The first kappa shape index (κ1) is 12.2. The summed E-state index contributed by atoms with van der Waals surface area (Å²) in [5, 5.41) is 0. The van der Waals surface area contributed by atoms with Crippen molar-refractivity contribution in [3.8, 4) is 0 Å². The van der Waals surface area contributed by atoms with Gasteiger partial charge in [0.25, 0.3) is 0 Å². The lowest BCUT2D eigenvalue weighted by Crippen LogP contribution is -2.43. The van der Waals surface area contributed by atoms with Crippen molar-refractivity contribution in [2.45, 2.75) is 65.8 Å². The molecule has 0 N–H and O–H groups in total. The summed E-state index contributed by atoms with van der Waals surface area (Å²) >= 11 is 0. The van der Waals surface area contributed by atoms with Gasteiger partial charge in [-0.1, -0.05) is 27.7 Å². The highest BCUT2D eigenvalue weighted by Crippen LogP contribution is 2.88. The predicted molar refractivity (Wildman–Crippen MR) is 74.4 cm³/mol. The molecule has 0 bridgehead atoms. The van der Waals surface area contributed by atoms with Crippen molar-refractivity contribution in [2.75, 3.05) is 0 Å². The van der Waals surface area contributed by atoms with Gasteiger partial charge in [-0.3, -0.25) is 0 Å². The summed E-state index contributed by atoms with van der Waals surface area (Å²) in [5.41, 5.74) is 1.34. The van der Waals surface area contributed by atoms with Crippen LogP contribution >= 0.6 is 0 Å². The third-order valence-corrected chi connectivity index (χ3v) is 7.11. The minimum Gasteiger partial charge on any atom is -0.411 e. The van der Waals surface area contributed by atoms with Crippen molar-refractivity contribution in [1.82, 2.24) is 0 Å². The Morgan fingerprint density at radius 1 is 1.06 bits per heavy atom. The van der Waals surface area contributed by atoms with Crippen LogP contribution in [0.3, 0.4) is 0 Å². The second-order valence-corrected chi connectivity index (χ2v) is 13.0. The van der Waals surface area contributed by atoms with Crippen LogP contribution < -0.4 is 0 Å². The van der Waals surface area contributed by atoms with E-state index in [9.17, 15) is 0 Å². The minimum atomic E-state index is -1.42. The summed E-state index contributed by atoms with van der Waals surface area (Å²) in [6, 6.07) is 0. The van der Waals surface area contributed by atoms with Gasteiger partial charge in [-0.05, 0) is 61.1 Å². The van der Waals surface area contributed by atoms with E-state index in [0.717, 1.165) is 17.8 Å². The zero-order valence-corrected chi connectivity index (χ0v) is 13.6. The highest BCUT2D eigenvalue weighted by Gasteiger charge is 2.88. The van der Waals surface area contributed by atoms with Crippen LogP contribution in [0.4, 0.5) is 0 Å². The van der Waals surface area contributed by atoms with Gasteiger partial charge in [0.05, 0.1) is 5.60 Å². The van der Waals surface area contributed by atoms with Crippen molar-refractivity contribution in [2.24, 2.45) is 28.6 Å². The lowest BCUT2D eigenvalue weighted by Gasteiger charge is -2.38. The van der Waals surface area contributed by atoms with Gasteiger partial charge in [-0.15, -0.1) is 0 Å². The number of rotatable bonds is 3. The minimum absolute atomic E-state index is 0.269. The van der Waals surface area contributed by atoms with Crippen molar-refractivity contribution < 1.29 is 4.43 Å². The van der Waals surface area contributed by atoms with Crippen LogP contribution in [0.1, 0.15) is 40.5 Å². The molecule has 0 aromatic rings. The Labute approximate surface area is 107 Å². The van der Waals surface area contributed by atoms with Gasteiger partial charge in [0.1, 0.15) is 0 Å². The zero-order valence-electron chi connectivity index (χ0n) is 12.6. The van der Waals surface area contributed by atoms with Gasteiger partial charge < -0.3 is 4.43 Å². The summed E-state index contributed by atoms with van der Waals surface area (Å²) in [7, 11) is -1.42. The predicted octanol–water partition coefficient (Wildman–Crippen LogP) is 4.30.